The van der Waals surface area contributed by atoms with Crippen LogP contribution in [0.5, 0.6) is 0 Å². The van der Waals surface area contributed by atoms with Gasteiger partial charge in [0.1, 0.15) is 0 Å². The average Bonchev–Trinajstić information content (AvgIpc) is 2.78. The molecule has 3 N–H and O–H groups in total. The van der Waals surface area contributed by atoms with Gasteiger partial charge in [0.05, 0.1) is 5.25 Å². The summed E-state index contributed by atoms with van der Waals surface area (Å²) < 4.78 is 26.0. The highest BCUT2D eigenvalue weighted by molar-refractivity contribution is 7.90. The maximum atomic E-state index is 11.7. The first-order chi connectivity index (χ1) is 7.95. The summed E-state index contributed by atoms with van der Waals surface area (Å²) in [6.07, 6.45) is 2.53. The Morgan fingerprint density at radius 1 is 1.29 bits per heavy atom. The topological polar surface area (TPSA) is 75.4 Å². The number of hydrogen-bond donors (Lipinski definition) is 2. The SMILES string of the molecule is CC(CNS(=O)(=O)C(C)CN)CN1CCCC1. The van der Waals surface area contributed by atoms with E-state index in [1.54, 1.807) is 6.92 Å². The van der Waals surface area contributed by atoms with Crippen LogP contribution in [0.25, 0.3) is 0 Å². The van der Waals surface area contributed by atoms with E-state index in [9.17, 15) is 8.42 Å². The van der Waals surface area contributed by atoms with Crippen molar-refractivity contribution in [3.63, 3.8) is 0 Å². The zero-order valence-corrected chi connectivity index (χ0v) is 11.7. The van der Waals surface area contributed by atoms with Gasteiger partial charge in [-0.3, -0.25) is 0 Å². The van der Waals surface area contributed by atoms with Crippen LogP contribution in [-0.2, 0) is 10.0 Å². The van der Waals surface area contributed by atoms with E-state index in [4.69, 9.17) is 5.73 Å². The third kappa shape index (κ3) is 4.91. The summed E-state index contributed by atoms with van der Waals surface area (Å²) in [5.74, 6) is 0.341. The molecule has 0 radical (unpaired) electrons. The Bertz CT molecular complexity index is 313. The summed E-state index contributed by atoms with van der Waals surface area (Å²) in [4.78, 5) is 2.39. The fourth-order valence-electron chi connectivity index (χ4n) is 2.00. The maximum Gasteiger partial charge on any atom is 0.215 e. The number of nitrogens with two attached hydrogens (primary N) is 1. The number of nitrogens with one attached hydrogen (secondary N) is 1. The smallest absolute Gasteiger partial charge is 0.215 e. The first-order valence-electron chi connectivity index (χ1n) is 6.36. The zero-order valence-electron chi connectivity index (χ0n) is 10.9. The molecule has 0 amide bonds. The second-order valence-corrected chi connectivity index (χ2v) is 7.24. The highest BCUT2D eigenvalue weighted by Crippen LogP contribution is 2.10. The molecule has 17 heavy (non-hydrogen) atoms. The van der Waals surface area contributed by atoms with Crippen molar-refractivity contribution in [1.82, 2.24) is 9.62 Å². The number of sulfonamides is 1. The largest absolute Gasteiger partial charge is 0.329 e. The minimum absolute atomic E-state index is 0.163. The van der Waals surface area contributed by atoms with Crippen LogP contribution in [0.15, 0.2) is 0 Å². The molecule has 5 nitrogen and oxygen atoms in total. The predicted octanol–water partition coefficient (Wildman–Crippen LogP) is -0.0151. The van der Waals surface area contributed by atoms with Crippen LogP contribution in [0.2, 0.25) is 0 Å². The molecule has 1 aliphatic rings. The summed E-state index contributed by atoms with van der Waals surface area (Å²) in [6, 6.07) is 0. The molecule has 0 aromatic carbocycles. The minimum atomic E-state index is -3.23. The molecule has 1 aliphatic heterocycles. The van der Waals surface area contributed by atoms with Crippen molar-refractivity contribution in [3.05, 3.63) is 0 Å². The van der Waals surface area contributed by atoms with E-state index in [-0.39, 0.29) is 6.54 Å². The van der Waals surface area contributed by atoms with Crippen LogP contribution in [0.4, 0.5) is 0 Å². The van der Waals surface area contributed by atoms with Crippen LogP contribution < -0.4 is 10.5 Å². The lowest BCUT2D eigenvalue weighted by Crippen LogP contribution is -2.40. The van der Waals surface area contributed by atoms with Crippen LogP contribution in [0.3, 0.4) is 0 Å². The van der Waals surface area contributed by atoms with E-state index >= 15 is 0 Å². The Morgan fingerprint density at radius 3 is 2.41 bits per heavy atom. The van der Waals surface area contributed by atoms with Gasteiger partial charge in [-0.2, -0.15) is 0 Å². The molecule has 102 valence electrons. The van der Waals surface area contributed by atoms with Crippen LogP contribution >= 0.6 is 0 Å². The minimum Gasteiger partial charge on any atom is -0.329 e. The Balaban J connectivity index is 2.29. The van der Waals surface area contributed by atoms with Crippen LogP contribution in [-0.4, -0.2) is 51.3 Å². The molecule has 0 aromatic heterocycles. The first kappa shape index (κ1) is 14.9. The van der Waals surface area contributed by atoms with E-state index in [0.29, 0.717) is 12.5 Å². The Hall–Kier alpha value is -0.170. The van der Waals surface area contributed by atoms with Crippen molar-refractivity contribution < 1.29 is 8.42 Å². The quantitative estimate of drug-likeness (QED) is 0.677. The molecule has 0 spiro atoms. The molecule has 2 unspecified atom stereocenters. The third-order valence-corrected chi connectivity index (χ3v) is 5.08. The highest BCUT2D eigenvalue weighted by Gasteiger charge is 2.20. The number of hydrogen-bond acceptors (Lipinski definition) is 4. The van der Waals surface area contributed by atoms with Crippen molar-refractivity contribution >= 4 is 10.0 Å². The molecule has 2 atom stereocenters. The summed E-state index contributed by atoms with van der Waals surface area (Å²) in [5, 5.41) is -0.513. The van der Waals surface area contributed by atoms with Gasteiger partial charge < -0.3 is 10.6 Å². The maximum absolute atomic E-state index is 11.7. The predicted molar refractivity (Wildman–Crippen MR) is 70.3 cm³/mol. The number of likely N-dealkylation sites (tertiary alicyclic amines) is 1. The fraction of sp³-hybridized carbons (Fsp3) is 1.00. The second kappa shape index (κ2) is 6.68. The van der Waals surface area contributed by atoms with Crippen molar-refractivity contribution in [2.75, 3.05) is 32.7 Å². The summed E-state index contributed by atoms with van der Waals surface area (Å²) in [5.41, 5.74) is 5.37. The van der Waals surface area contributed by atoms with E-state index in [1.165, 1.54) is 12.8 Å². The van der Waals surface area contributed by atoms with Gasteiger partial charge in [-0.05, 0) is 38.8 Å². The third-order valence-electron chi connectivity index (χ3n) is 3.26. The standard InChI is InChI=1S/C11H25N3O2S/c1-10(9-14-5-3-4-6-14)8-13-17(15,16)11(2)7-12/h10-11,13H,3-9,12H2,1-2H3. The molecule has 1 fully saturated rings. The lowest BCUT2D eigenvalue weighted by molar-refractivity contribution is 0.288. The monoisotopic (exact) mass is 263 g/mol. The Kier molecular flexibility index (Phi) is 5.85. The zero-order chi connectivity index (χ0) is 12.9. The molecule has 0 aliphatic carbocycles. The van der Waals surface area contributed by atoms with Gasteiger partial charge in [-0.15, -0.1) is 0 Å². The molecule has 0 bridgehead atoms. The lowest BCUT2D eigenvalue weighted by atomic mass is 10.2. The average molecular weight is 263 g/mol. The molecular formula is C11H25N3O2S. The van der Waals surface area contributed by atoms with Gasteiger partial charge in [0.15, 0.2) is 0 Å². The van der Waals surface area contributed by atoms with E-state index in [1.807, 2.05) is 0 Å². The Labute approximate surface area is 105 Å². The fourth-order valence-corrected chi connectivity index (χ4v) is 3.05. The molecule has 0 saturated carbocycles. The molecule has 1 saturated heterocycles. The van der Waals surface area contributed by atoms with Crippen molar-refractivity contribution in [2.45, 2.75) is 31.9 Å². The van der Waals surface area contributed by atoms with Crippen molar-refractivity contribution in [2.24, 2.45) is 11.7 Å². The van der Waals surface area contributed by atoms with Gasteiger partial charge in [0.25, 0.3) is 0 Å². The highest BCUT2D eigenvalue weighted by atomic mass is 32.2. The van der Waals surface area contributed by atoms with Crippen LogP contribution in [0, 0.1) is 5.92 Å². The second-order valence-electron chi connectivity index (χ2n) is 5.05. The Morgan fingerprint density at radius 2 is 1.88 bits per heavy atom. The number of rotatable bonds is 7. The van der Waals surface area contributed by atoms with Crippen molar-refractivity contribution in [1.29, 1.82) is 0 Å². The molecule has 1 rings (SSSR count). The van der Waals surface area contributed by atoms with Gasteiger partial charge in [0, 0.05) is 19.6 Å². The van der Waals surface area contributed by atoms with Gasteiger partial charge in [0.2, 0.25) is 10.0 Å². The van der Waals surface area contributed by atoms with E-state index < -0.39 is 15.3 Å². The van der Waals surface area contributed by atoms with Crippen LogP contribution in [0.1, 0.15) is 26.7 Å². The van der Waals surface area contributed by atoms with Gasteiger partial charge in [-0.25, -0.2) is 13.1 Å². The molecular weight excluding hydrogens is 238 g/mol. The van der Waals surface area contributed by atoms with Gasteiger partial charge in [-0.1, -0.05) is 6.92 Å². The molecule has 6 heteroatoms. The summed E-state index contributed by atoms with van der Waals surface area (Å²) in [6.45, 7) is 7.65. The molecule has 0 aromatic rings. The normalized spacial score (nSPS) is 21.6. The summed E-state index contributed by atoms with van der Waals surface area (Å²) >= 11 is 0. The van der Waals surface area contributed by atoms with E-state index in [0.717, 1.165) is 19.6 Å². The van der Waals surface area contributed by atoms with Gasteiger partial charge >= 0.3 is 0 Å². The van der Waals surface area contributed by atoms with Crippen molar-refractivity contribution in [3.8, 4) is 0 Å². The lowest BCUT2D eigenvalue weighted by Gasteiger charge is -2.21. The van der Waals surface area contributed by atoms with E-state index in [2.05, 4.69) is 16.5 Å². The molecule has 1 heterocycles. The number of nitrogens with zero attached hydrogens (tertiary/aromatic N) is 1. The summed E-state index contributed by atoms with van der Waals surface area (Å²) in [7, 11) is -3.23. The first-order valence-corrected chi connectivity index (χ1v) is 7.91.